The Morgan fingerprint density at radius 2 is 1.69 bits per heavy atom. The van der Waals surface area contributed by atoms with Crippen molar-refractivity contribution in [2.45, 2.75) is 24.0 Å². The molecule has 29 heavy (non-hydrogen) atoms. The number of hydrogen-bond acceptors (Lipinski definition) is 6. The summed E-state index contributed by atoms with van der Waals surface area (Å²) in [6.07, 6.45) is 3.06. The van der Waals surface area contributed by atoms with Crippen molar-refractivity contribution < 1.29 is 14.7 Å². The first-order valence-electron chi connectivity index (χ1n) is 8.87. The lowest BCUT2D eigenvalue weighted by Gasteiger charge is -2.12. The molecule has 0 aliphatic heterocycles. The van der Waals surface area contributed by atoms with Crippen LogP contribution in [0.5, 0.6) is 5.75 Å². The second kappa shape index (κ2) is 9.20. The Hall–Kier alpha value is -3.39. The smallest absolute Gasteiger partial charge is 0.237 e. The molecule has 2 aromatic carbocycles. The number of carbonyl (C=O) groups excluding carboxylic acids is 2. The SMILES string of the molecule is CC(=O)Nc1ccc(SC(C)C(=O)Nc2cnc(-c3cccc(O)c3)nc2)cc1. The molecule has 0 saturated heterocycles. The molecule has 2 amide bonds. The first-order chi connectivity index (χ1) is 13.9. The molecule has 3 rings (SSSR count). The summed E-state index contributed by atoms with van der Waals surface area (Å²) in [4.78, 5) is 32.9. The second-order valence-electron chi connectivity index (χ2n) is 6.30. The number of aromatic nitrogens is 2. The van der Waals surface area contributed by atoms with Crippen LogP contribution in [-0.4, -0.2) is 32.1 Å². The van der Waals surface area contributed by atoms with Gasteiger partial charge in [-0.25, -0.2) is 9.97 Å². The number of nitrogens with one attached hydrogen (secondary N) is 2. The van der Waals surface area contributed by atoms with E-state index in [0.29, 0.717) is 22.8 Å². The van der Waals surface area contributed by atoms with Crippen LogP contribution in [0.4, 0.5) is 11.4 Å². The van der Waals surface area contributed by atoms with Crippen LogP contribution in [0.15, 0.2) is 65.8 Å². The lowest BCUT2D eigenvalue weighted by atomic mass is 10.2. The molecule has 8 heteroatoms. The van der Waals surface area contributed by atoms with E-state index in [4.69, 9.17) is 0 Å². The Balaban J connectivity index is 1.58. The average Bonchev–Trinajstić information content (AvgIpc) is 2.69. The van der Waals surface area contributed by atoms with Crippen molar-refractivity contribution in [3.05, 3.63) is 60.9 Å². The van der Waals surface area contributed by atoms with E-state index >= 15 is 0 Å². The molecule has 1 unspecified atom stereocenters. The number of anilines is 2. The lowest BCUT2D eigenvalue weighted by molar-refractivity contribution is -0.115. The van der Waals surface area contributed by atoms with Gasteiger partial charge in [0, 0.05) is 23.1 Å². The number of phenols is 1. The molecule has 0 aliphatic carbocycles. The van der Waals surface area contributed by atoms with Crippen molar-refractivity contribution in [1.29, 1.82) is 0 Å². The molecule has 1 heterocycles. The van der Waals surface area contributed by atoms with Gasteiger partial charge in [-0.3, -0.25) is 9.59 Å². The van der Waals surface area contributed by atoms with Gasteiger partial charge in [-0.05, 0) is 43.3 Å². The predicted molar refractivity (Wildman–Crippen MR) is 114 cm³/mol. The third-order valence-electron chi connectivity index (χ3n) is 3.88. The Kier molecular flexibility index (Phi) is 6.46. The van der Waals surface area contributed by atoms with Gasteiger partial charge in [-0.1, -0.05) is 12.1 Å². The highest BCUT2D eigenvalue weighted by atomic mass is 32.2. The van der Waals surface area contributed by atoms with Crippen LogP contribution < -0.4 is 10.6 Å². The molecule has 148 valence electrons. The molecule has 7 nitrogen and oxygen atoms in total. The number of thioether (sulfide) groups is 1. The largest absolute Gasteiger partial charge is 0.508 e. The topological polar surface area (TPSA) is 104 Å². The fourth-order valence-electron chi connectivity index (χ4n) is 2.51. The van der Waals surface area contributed by atoms with Gasteiger partial charge in [0.25, 0.3) is 0 Å². The summed E-state index contributed by atoms with van der Waals surface area (Å²) in [6, 6.07) is 14.0. The van der Waals surface area contributed by atoms with Gasteiger partial charge >= 0.3 is 0 Å². The lowest BCUT2D eigenvalue weighted by Crippen LogP contribution is -2.22. The van der Waals surface area contributed by atoms with Crippen molar-refractivity contribution in [3.8, 4) is 17.1 Å². The molecule has 0 spiro atoms. The quantitative estimate of drug-likeness (QED) is 0.534. The van der Waals surface area contributed by atoms with Crippen molar-refractivity contribution in [3.63, 3.8) is 0 Å². The predicted octanol–water partition coefficient (Wildman–Crippen LogP) is 3.93. The van der Waals surface area contributed by atoms with Crippen LogP contribution in [0.2, 0.25) is 0 Å². The first kappa shape index (κ1) is 20.3. The summed E-state index contributed by atoms with van der Waals surface area (Å²) in [5, 5.41) is 14.7. The zero-order valence-electron chi connectivity index (χ0n) is 15.9. The Morgan fingerprint density at radius 1 is 1.00 bits per heavy atom. The summed E-state index contributed by atoms with van der Waals surface area (Å²) < 4.78 is 0. The van der Waals surface area contributed by atoms with Crippen LogP contribution in [0.25, 0.3) is 11.4 Å². The molecule has 3 N–H and O–H groups in total. The standard InChI is InChI=1S/C21H20N4O3S/c1-13(29-19-8-6-16(7-9-19)24-14(2)26)21(28)25-17-11-22-20(23-12-17)15-4-3-5-18(27)10-15/h3-13,27H,1-2H3,(H,24,26)(H,25,28). The molecule has 3 aromatic rings. The molecular weight excluding hydrogens is 388 g/mol. The van der Waals surface area contributed by atoms with Gasteiger partial charge in [0.2, 0.25) is 11.8 Å². The second-order valence-corrected chi connectivity index (χ2v) is 7.71. The number of hydrogen-bond donors (Lipinski definition) is 3. The van der Waals surface area contributed by atoms with Gasteiger partial charge in [0.05, 0.1) is 23.3 Å². The number of amides is 2. The third kappa shape index (κ3) is 5.79. The average molecular weight is 408 g/mol. The summed E-state index contributed by atoms with van der Waals surface area (Å²) in [5.41, 5.74) is 1.89. The normalized spacial score (nSPS) is 11.5. The van der Waals surface area contributed by atoms with E-state index in [9.17, 15) is 14.7 Å². The maximum atomic E-state index is 12.5. The molecule has 0 aliphatic rings. The minimum atomic E-state index is -0.340. The highest BCUT2D eigenvalue weighted by molar-refractivity contribution is 8.00. The van der Waals surface area contributed by atoms with Crippen molar-refractivity contribution >= 4 is 35.0 Å². The number of rotatable bonds is 6. The zero-order valence-corrected chi connectivity index (χ0v) is 16.7. The molecule has 0 fully saturated rings. The van der Waals surface area contributed by atoms with E-state index < -0.39 is 0 Å². The highest BCUT2D eigenvalue weighted by Crippen LogP contribution is 2.26. The highest BCUT2D eigenvalue weighted by Gasteiger charge is 2.15. The maximum absolute atomic E-state index is 12.5. The van der Waals surface area contributed by atoms with Crippen molar-refractivity contribution in [1.82, 2.24) is 9.97 Å². The van der Waals surface area contributed by atoms with E-state index in [1.54, 1.807) is 36.4 Å². The van der Waals surface area contributed by atoms with E-state index in [0.717, 1.165) is 4.90 Å². The third-order valence-corrected chi connectivity index (χ3v) is 4.99. The van der Waals surface area contributed by atoms with E-state index in [1.807, 2.05) is 19.1 Å². The molecule has 0 saturated carbocycles. The number of carbonyl (C=O) groups is 2. The summed E-state index contributed by atoms with van der Waals surface area (Å²) in [7, 11) is 0. The number of aromatic hydroxyl groups is 1. The first-order valence-corrected chi connectivity index (χ1v) is 9.75. The summed E-state index contributed by atoms with van der Waals surface area (Å²) in [5.74, 6) is 0.296. The summed E-state index contributed by atoms with van der Waals surface area (Å²) >= 11 is 1.41. The monoisotopic (exact) mass is 408 g/mol. The Morgan fingerprint density at radius 3 is 2.31 bits per heavy atom. The van der Waals surface area contributed by atoms with Gasteiger partial charge < -0.3 is 15.7 Å². The molecule has 0 bridgehead atoms. The fourth-order valence-corrected chi connectivity index (χ4v) is 3.38. The molecular formula is C21H20N4O3S. The van der Waals surface area contributed by atoms with Crippen LogP contribution in [0, 0.1) is 0 Å². The minimum Gasteiger partial charge on any atom is -0.508 e. The van der Waals surface area contributed by atoms with E-state index in [-0.39, 0.29) is 22.8 Å². The van der Waals surface area contributed by atoms with E-state index in [1.165, 1.54) is 31.1 Å². The van der Waals surface area contributed by atoms with Gasteiger partial charge in [0.1, 0.15) is 5.75 Å². The van der Waals surface area contributed by atoms with Crippen LogP contribution in [-0.2, 0) is 9.59 Å². The molecule has 0 radical (unpaired) electrons. The Labute approximate surface area is 172 Å². The molecule has 1 aromatic heterocycles. The van der Waals surface area contributed by atoms with Crippen molar-refractivity contribution in [2.24, 2.45) is 0 Å². The van der Waals surface area contributed by atoms with Crippen LogP contribution >= 0.6 is 11.8 Å². The summed E-state index contributed by atoms with van der Waals surface area (Å²) in [6.45, 7) is 3.26. The maximum Gasteiger partial charge on any atom is 0.237 e. The fraction of sp³-hybridized carbons (Fsp3) is 0.143. The Bertz CT molecular complexity index is 1010. The minimum absolute atomic E-state index is 0.129. The number of benzene rings is 2. The van der Waals surface area contributed by atoms with Crippen molar-refractivity contribution in [2.75, 3.05) is 10.6 Å². The zero-order chi connectivity index (χ0) is 20.8. The number of phenolic OH excluding ortho intramolecular Hbond substituents is 1. The van der Waals surface area contributed by atoms with Crippen LogP contribution in [0.1, 0.15) is 13.8 Å². The molecule has 1 atom stereocenters. The van der Waals surface area contributed by atoms with E-state index in [2.05, 4.69) is 20.6 Å². The van der Waals surface area contributed by atoms with Gasteiger partial charge in [-0.2, -0.15) is 0 Å². The van der Waals surface area contributed by atoms with Crippen LogP contribution in [0.3, 0.4) is 0 Å². The van der Waals surface area contributed by atoms with Gasteiger partial charge in [0.15, 0.2) is 5.82 Å². The van der Waals surface area contributed by atoms with Gasteiger partial charge in [-0.15, -0.1) is 11.8 Å². The number of nitrogens with zero attached hydrogens (tertiary/aromatic N) is 2.